The topological polar surface area (TPSA) is 78.9 Å². The lowest BCUT2D eigenvalue weighted by atomic mass is 10.1. The summed E-state index contributed by atoms with van der Waals surface area (Å²) in [6.45, 7) is 7.34. The Labute approximate surface area is 229 Å². The van der Waals surface area contributed by atoms with Gasteiger partial charge in [0.2, 0.25) is 0 Å². The van der Waals surface area contributed by atoms with Crippen molar-refractivity contribution in [2.24, 2.45) is 0 Å². The zero-order chi connectivity index (χ0) is 26.8. The third-order valence-corrected chi connectivity index (χ3v) is 7.21. The largest absolute Gasteiger partial charge is 0.495 e. The normalized spacial score (nSPS) is 15.5. The highest BCUT2D eigenvalue weighted by Gasteiger charge is 2.22. The van der Waals surface area contributed by atoms with E-state index in [0.717, 1.165) is 83.3 Å². The van der Waals surface area contributed by atoms with E-state index in [9.17, 15) is 0 Å². The molecule has 9 nitrogen and oxygen atoms in total. The number of anilines is 5. The SMILES string of the molecule is COc1cc(Nc2cc(N3CCOc4cnc(-c5cccc(C)n5)cc43)ccn2)ccc1N1CCN(C)CC1. The molecule has 5 heterocycles. The van der Waals surface area contributed by atoms with E-state index >= 15 is 0 Å². The van der Waals surface area contributed by atoms with Gasteiger partial charge in [0, 0.05) is 61.6 Å². The Hall–Kier alpha value is -4.37. The van der Waals surface area contributed by atoms with Crippen LogP contribution in [0.5, 0.6) is 11.5 Å². The van der Waals surface area contributed by atoms with E-state index in [1.807, 2.05) is 49.5 Å². The maximum absolute atomic E-state index is 5.93. The number of pyridine rings is 3. The van der Waals surface area contributed by atoms with Crippen LogP contribution in [0.4, 0.5) is 28.6 Å². The first kappa shape index (κ1) is 24.9. The van der Waals surface area contributed by atoms with E-state index in [0.29, 0.717) is 13.2 Å². The molecule has 0 radical (unpaired) electrons. The van der Waals surface area contributed by atoms with Crippen LogP contribution < -0.4 is 24.6 Å². The summed E-state index contributed by atoms with van der Waals surface area (Å²) in [5.74, 6) is 2.37. The maximum atomic E-state index is 5.93. The number of ether oxygens (including phenoxy) is 2. The number of hydrogen-bond acceptors (Lipinski definition) is 9. The van der Waals surface area contributed by atoms with Gasteiger partial charge in [0.1, 0.15) is 18.2 Å². The molecule has 0 atom stereocenters. The molecule has 1 saturated heterocycles. The number of nitrogens with one attached hydrogen (secondary N) is 1. The summed E-state index contributed by atoms with van der Waals surface area (Å²) in [6, 6.07) is 18.3. The molecule has 0 bridgehead atoms. The predicted molar refractivity (Wildman–Crippen MR) is 155 cm³/mol. The van der Waals surface area contributed by atoms with Crippen LogP contribution in [0.2, 0.25) is 0 Å². The molecule has 0 saturated carbocycles. The minimum Gasteiger partial charge on any atom is -0.495 e. The molecule has 2 aliphatic rings. The fourth-order valence-electron chi connectivity index (χ4n) is 5.08. The van der Waals surface area contributed by atoms with E-state index < -0.39 is 0 Å². The Kier molecular flexibility index (Phi) is 6.89. The second kappa shape index (κ2) is 10.8. The molecule has 2 aliphatic heterocycles. The lowest BCUT2D eigenvalue weighted by molar-refractivity contribution is 0.311. The number of fused-ring (bicyclic) bond motifs is 1. The molecule has 4 aromatic rings. The summed E-state index contributed by atoms with van der Waals surface area (Å²) < 4.78 is 11.7. The van der Waals surface area contributed by atoms with Gasteiger partial charge < -0.3 is 29.5 Å². The van der Waals surface area contributed by atoms with E-state index in [2.05, 4.69) is 60.2 Å². The second-order valence-corrected chi connectivity index (χ2v) is 9.90. The Morgan fingerprint density at radius 2 is 1.77 bits per heavy atom. The maximum Gasteiger partial charge on any atom is 0.161 e. The molecule has 200 valence electrons. The van der Waals surface area contributed by atoms with Gasteiger partial charge in [0.05, 0.1) is 42.6 Å². The lowest BCUT2D eigenvalue weighted by Gasteiger charge is -2.34. The zero-order valence-corrected chi connectivity index (χ0v) is 22.6. The summed E-state index contributed by atoms with van der Waals surface area (Å²) in [7, 11) is 3.89. The van der Waals surface area contributed by atoms with Gasteiger partial charge in [-0.2, -0.15) is 0 Å². The molecule has 0 aliphatic carbocycles. The van der Waals surface area contributed by atoms with Gasteiger partial charge in [-0.3, -0.25) is 9.97 Å². The minimum atomic E-state index is 0.576. The van der Waals surface area contributed by atoms with Gasteiger partial charge in [0.15, 0.2) is 5.75 Å². The van der Waals surface area contributed by atoms with Crippen LogP contribution in [0.25, 0.3) is 11.4 Å². The van der Waals surface area contributed by atoms with Crippen LogP contribution in [0.15, 0.2) is 67.0 Å². The highest BCUT2D eigenvalue weighted by Crippen LogP contribution is 2.39. The molecular formula is C30H33N7O2. The number of nitrogens with zero attached hydrogens (tertiary/aromatic N) is 6. The highest BCUT2D eigenvalue weighted by molar-refractivity contribution is 5.76. The number of aryl methyl sites for hydroxylation is 1. The second-order valence-electron chi connectivity index (χ2n) is 9.90. The van der Waals surface area contributed by atoms with Gasteiger partial charge in [-0.25, -0.2) is 4.98 Å². The van der Waals surface area contributed by atoms with Crippen molar-refractivity contribution < 1.29 is 9.47 Å². The van der Waals surface area contributed by atoms with Crippen molar-refractivity contribution in [3.63, 3.8) is 0 Å². The molecule has 0 unspecified atom stereocenters. The molecule has 3 aromatic heterocycles. The quantitative estimate of drug-likeness (QED) is 0.380. The van der Waals surface area contributed by atoms with Crippen LogP contribution >= 0.6 is 0 Å². The molecule has 1 N–H and O–H groups in total. The highest BCUT2D eigenvalue weighted by atomic mass is 16.5. The number of rotatable bonds is 6. The summed E-state index contributed by atoms with van der Waals surface area (Å²) >= 11 is 0. The van der Waals surface area contributed by atoms with Crippen LogP contribution in [0.3, 0.4) is 0 Å². The monoisotopic (exact) mass is 523 g/mol. The van der Waals surface area contributed by atoms with Crippen molar-refractivity contribution in [2.75, 3.05) is 68.6 Å². The third kappa shape index (κ3) is 5.31. The molecule has 1 aromatic carbocycles. The minimum absolute atomic E-state index is 0.576. The summed E-state index contributed by atoms with van der Waals surface area (Å²) in [6.07, 6.45) is 3.61. The van der Waals surface area contributed by atoms with Gasteiger partial charge in [-0.15, -0.1) is 0 Å². The number of aromatic nitrogens is 3. The summed E-state index contributed by atoms with van der Waals surface area (Å²) in [5, 5.41) is 3.46. The van der Waals surface area contributed by atoms with Crippen molar-refractivity contribution in [3.8, 4) is 22.9 Å². The predicted octanol–water partition coefficient (Wildman–Crippen LogP) is 4.88. The van der Waals surface area contributed by atoms with E-state index in [-0.39, 0.29) is 0 Å². The Bertz CT molecular complexity index is 1470. The van der Waals surface area contributed by atoms with Crippen molar-refractivity contribution in [2.45, 2.75) is 6.92 Å². The van der Waals surface area contributed by atoms with Gasteiger partial charge in [-0.1, -0.05) is 6.07 Å². The molecule has 0 spiro atoms. The smallest absolute Gasteiger partial charge is 0.161 e. The van der Waals surface area contributed by atoms with Crippen molar-refractivity contribution in [1.29, 1.82) is 0 Å². The van der Waals surface area contributed by atoms with Crippen molar-refractivity contribution >= 4 is 28.6 Å². The number of benzene rings is 1. The number of hydrogen-bond donors (Lipinski definition) is 1. The average molecular weight is 524 g/mol. The van der Waals surface area contributed by atoms with E-state index in [4.69, 9.17) is 9.47 Å². The number of piperazine rings is 1. The average Bonchev–Trinajstić information content (AvgIpc) is 2.97. The third-order valence-electron chi connectivity index (χ3n) is 7.21. The van der Waals surface area contributed by atoms with Crippen LogP contribution in [0.1, 0.15) is 5.69 Å². The summed E-state index contributed by atoms with van der Waals surface area (Å²) in [5.41, 5.74) is 6.64. The Balaban J connectivity index is 1.25. The molecule has 0 amide bonds. The van der Waals surface area contributed by atoms with Gasteiger partial charge in [0.25, 0.3) is 0 Å². The van der Waals surface area contributed by atoms with Gasteiger partial charge >= 0.3 is 0 Å². The molecule has 9 heteroatoms. The fraction of sp³-hybridized carbons (Fsp3) is 0.300. The zero-order valence-electron chi connectivity index (χ0n) is 22.6. The standard InChI is InChI=1S/C30H33N7O2/c1-21-5-4-6-24(33-21)25-19-27-29(20-32-25)39-16-15-37(27)23-9-10-31-30(18-23)34-22-7-8-26(28(17-22)38-3)36-13-11-35(2)12-14-36/h4-10,17-20H,11-16H2,1-3H3,(H,31,34). The van der Waals surface area contributed by atoms with Crippen molar-refractivity contribution in [3.05, 3.63) is 72.7 Å². The lowest BCUT2D eigenvalue weighted by Crippen LogP contribution is -2.44. The van der Waals surface area contributed by atoms with E-state index in [1.165, 1.54) is 0 Å². The first-order chi connectivity index (χ1) is 19.1. The van der Waals surface area contributed by atoms with Crippen LogP contribution in [-0.2, 0) is 0 Å². The number of likely N-dealkylation sites (N-methyl/N-ethyl adjacent to an activating group) is 1. The van der Waals surface area contributed by atoms with Crippen LogP contribution in [0, 0.1) is 6.92 Å². The Morgan fingerprint density at radius 1 is 0.897 bits per heavy atom. The number of methoxy groups -OCH3 is 1. The molecule has 1 fully saturated rings. The Morgan fingerprint density at radius 3 is 2.59 bits per heavy atom. The molecular weight excluding hydrogens is 490 g/mol. The van der Waals surface area contributed by atoms with Gasteiger partial charge in [-0.05, 0) is 50.4 Å². The van der Waals surface area contributed by atoms with Crippen molar-refractivity contribution in [1.82, 2.24) is 19.9 Å². The first-order valence-electron chi connectivity index (χ1n) is 13.3. The molecule has 39 heavy (non-hydrogen) atoms. The molecule has 6 rings (SSSR count). The summed E-state index contributed by atoms with van der Waals surface area (Å²) in [4.78, 5) is 20.8. The van der Waals surface area contributed by atoms with Crippen LogP contribution in [-0.4, -0.2) is 73.3 Å². The fourth-order valence-corrected chi connectivity index (χ4v) is 5.08. The van der Waals surface area contributed by atoms with E-state index in [1.54, 1.807) is 13.3 Å². The first-order valence-corrected chi connectivity index (χ1v) is 13.3.